The molecule has 0 spiro atoms. The summed E-state index contributed by atoms with van der Waals surface area (Å²) in [5.74, 6) is 0. The summed E-state index contributed by atoms with van der Waals surface area (Å²) in [7, 11) is 0. The van der Waals surface area contributed by atoms with E-state index in [1.54, 1.807) is 0 Å². The van der Waals surface area contributed by atoms with Crippen molar-refractivity contribution in [3.63, 3.8) is 0 Å². The minimum absolute atomic E-state index is 0.247. The first-order valence-electron chi connectivity index (χ1n) is 7.60. The van der Waals surface area contributed by atoms with Crippen molar-refractivity contribution in [1.29, 1.82) is 0 Å². The zero-order valence-corrected chi connectivity index (χ0v) is 12.2. The smallest absolute Gasteiger partial charge is 0.0752 e. The van der Waals surface area contributed by atoms with E-state index in [4.69, 9.17) is 10.5 Å². The van der Waals surface area contributed by atoms with E-state index in [1.165, 1.54) is 11.1 Å². The highest BCUT2D eigenvalue weighted by Gasteiger charge is 2.23. The maximum atomic E-state index is 5.84. The van der Waals surface area contributed by atoms with Gasteiger partial charge in [-0.15, -0.1) is 0 Å². The molecule has 3 nitrogen and oxygen atoms in total. The van der Waals surface area contributed by atoms with Gasteiger partial charge in [0.05, 0.1) is 12.2 Å². The number of ether oxygens (including phenoxy) is 1. The van der Waals surface area contributed by atoms with Crippen LogP contribution in [0.15, 0.2) is 54.6 Å². The van der Waals surface area contributed by atoms with Crippen molar-refractivity contribution < 1.29 is 4.74 Å². The minimum atomic E-state index is 0.247. The van der Waals surface area contributed by atoms with Crippen LogP contribution in [0, 0.1) is 0 Å². The molecule has 2 unspecified atom stereocenters. The van der Waals surface area contributed by atoms with E-state index in [2.05, 4.69) is 53.8 Å². The van der Waals surface area contributed by atoms with Crippen molar-refractivity contribution in [2.45, 2.75) is 25.0 Å². The Morgan fingerprint density at radius 2 is 1.57 bits per heavy atom. The zero-order valence-electron chi connectivity index (χ0n) is 12.2. The lowest BCUT2D eigenvalue weighted by molar-refractivity contribution is 0.0578. The van der Waals surface area contributed by atoms with E-state index in [-0.39, 0.29) is 12.2 Å². The summed E-state index contributed by atoms with van der Waals surface area (Å²) < 4.78 is 5.84. The molecule has 3 heteroatoms. The first-order chi connectivity index (χ1) is 10.3. The van der Waals surface area contributed by atoms with E-state index < -0.39 is 0 Å². The van der Waals surface area contributed by atoms with Crippen LogP contribution < -0.4 is 11.1 Å². The predicted octanol–water partition coefficient (Wildman–Crippen LogP) is 3.27. The third-order valence-electron chi connectivity index (χ3n) is 3.98. The topological polar surface area (TPSA) is 47.3 Å². The first-order valence-corrected chi connectivity index (χ1v) is 7.60. The number of anilines is 1. The molecule has 3 rings (SSSR count). The summed E-state index contributed by atoms with van der Waals surface area (Å²) in [6, 6.07) is 19.0. The van der Waals surface area contributed by atoms with E-state index in [1.807, 2.05) is 6.07 Å². The first kappa shape index (κ1) is 14.1. The number of nitrogens with two attached hydrogens (primary N) is 1. The van der Waals surface area contributed by atoms with E-state index in [0.717, 1.165) is 25.1 Å². The largest absolute Gasteiger partial charge is 0.382 e. The van der Waals surface area contributed by atoms with Gasteiger partial charge < -0.3 is 15.8 Å². The molecule has 1 aliphatic rings. The molecular weight excluding hydrogens is 260 g/mol. The Bertz CT molecular complexity index is 553. The SMILES string of the molecule is NCC1CCC(CNc2ccc(-c3ccccc3)cc2)O1. The second-order valence-electron chi connectivity index (χ2n) is 5.52. The van der Waals surface area contributed by atoms with Gasteiger partial charge in [0.1, 0.15) is 0 Å². The lowest BCUT2D eigenvalue weighted by atomic mass is 10.1. The Balaban J connectivity index is 1.55. The second-order valence-corrected chi connectivity index (χ2v) is 5.52. The molecule has 2 atom stereocenters. The standard InChI is InChI=1S/C18H22N2O/c19-12-17-10-11-18(21-17)13-20-16-8-6-15(7-9-16)14-4-2-1-3-5-14/h1-9,17-18,20H,10-13,19H2. The van der Waals surface area contributed by atoms with Crippen LogP contribution in [-0.4, -0.2) is 25.3 Å². The third kappa shape index (κ3) is 3.63. The minimum Gasteiger partial charge on any atom is -0.382 e. The van der Waals surface area contributed by atoms with Crippen molar-refractivity contribution >= 4 is 5.69 Å². The fourth-order valence-corrected chi connectivity index (χ4v) is 2.75. The quantitative estimate of drug-likeness (QED) is 0.885. The molecule has 0 radical (unpaired) electrons. The van der Waals surface area contributed by atoms with Gasteiger partial charge in [-0.25, -0.2) is 0 Å². The van der Waals surface area contributed by atoms with E-state index >= 15 is 0 Å². The Morgan fingerprint density at radius 3 is 2.24 bits per heavy atom. The average Bonchev–Trinajstić information content (AvgIpc) is 3.02. The molecule has 0 aliphatic carbocycles. The van der Waals surface area contributed by atoms with Crippen molar-refractivity contribution in [3.05, 3.63) is 54.6 Å². The lowest BCUT2D eigenvalue weighted by Gasteiger charge is -2.14. The molecule has 0 saturated carbocycles. The number of hydrogen-bond acceptors (Lipinski definition) is 3. The molecule has 0 bridgehead atoms. The molecule has 0 aromatic heterocycles. The number of rotatable bonds is 5. The van der Waals surface area contributed by atoms with Gasteiger partial charge in [0.2, 0.25) is 0 Å². The van der Waals surface area contributed by atoms with Gasteiger partial charge in [-0.2, -0.15) is 0 Å². The fraction of sp³-hybridized carbons (Fsp3) is 0.333. The van der Waals surface area contributed by atoms with Gasteiger partial charge in [-0.1, -0.05) is 42.5 Å². The maximum absolute atomic E-state index is 5.84. The van der Waals surface area contributed by atoms with Crippen LogP contribution in [0.2, 0.25) is 0 Å². The Kier molecular flexibility index (Phi) is 4.53. The van der Waals surface area contributed by atoms with Crippen LogP contribution >= 0.6 is 0 Å². The molecule has 0 amide bonds. The van der Waals surface area contributed by atoms with Crippen molar-refractivity contribution in [2.75, 3.05) is 18.4 Å². The molecular formula is C18H22N2O. The number of hydrogen-bond donors (Lipinski definition) is 2. The second kappa shape index (κ2) is 6.74. The van der Waals surface area contributed by atoms with Gasteiger partial charge in [0.25, 0.3) is 0 Å². The zero-order chi connectivity index (χ0) is 14.5. The summed E-state index contributed by atoms with van der Waals surface area (Å²) in [6.45, 7) is 1.48. The Labute approximate surface area is 126 Å². The highest BCUT2D eigenvalue weighted by Crippen LogP contribution is 2.22. The van der Waals surface area contributed by atoms with Crippen LogP contribution in [0.1, 0.15) is 12.8 Å². The van der Waals surface area contributed by atoms with Crippen LogP contribution in [0.25, 0.3) is 11.1 Å². The van der Waals surface area contributed by atoms with Crippen molar-refractivity contribution in [2.24, 2.45) is 5.73 Å². The number of nitrogens with one attached hydrogen (secondary N) is 1. The molecule has 1 aliphatic heterocycles. The van der Waals surface area contributed by atoms with Crippen molar-refractivity contribution in [3.8, 4) is 11.1 Å². The molecule has 21 heavy (non-hydrogen) atoms. The van der Waals surface area contributed by atoms with E-state index in [9.17, 15) is 0 Å². The summed E-state index contributed by atoms with van der Waals surface area (Å²) in [5, 5.41) is 3.44. The van der Waals surface area contributed by atoms with Gasteiger partial charge >= 0.3 is 0 Å². The molecule has 3 N–H and O–H groups in total. The van der Waals surface area contributed by atoms with Crippen LogP contribution in [0.5, 0.6) is 0 Å². The molecule has 110 valence electrons. The van der Waals surface area contributed by atoms with Crippen LogP contribution in [0.4, 0.5) is 5.69 Å². The molecule has 2 aromatic rings. The van der Waals surface area contributed by atoms with Gasteiger partial charge in [-0.3, -0.25) is 0 Å². The monoisotopic (exact) mass is 282 g/mol. The summed E-state index contributed by atoms with van der Waals surface area (Å²) >= 11 is 0. The normalized spacial score (nSPS) is 21.4. The molecule has 1 saturated heterocycles. The highest BCUT2D eigenvalue weighted by atomic mass is 16.5. The predicted molar refractivity (Wildman–Crippen MR) is 87.3 cm³/mol. The summed E-state index contributed by atoms with van der Waals surface area (Å²) in [6.07, 6.45) is 2.71. The van der Waals surface area contributed by atoms with Crippen LogP contribution in [0.3, 0.4) is 0 Å². The van der Waals surface area contributed by atoms with Gasteiger partial charge in [0.15, 0.2) is 0 Å². The maximum Gasteiger partial charge on any atom is 0.0752 e. The Hall–Kier alpha value is -1.84. The highest BCUT2D eigenvalue weighted by molar-refractivity contribution is 5.65. The van der Waals surface area contributed by atoms with Crippen molar-refractivity contribution in [1.82, 2.24) is 0 Å². The van der Waals surface area contributed by atoms with Gasteiger partial charge in [-0.05, 0) is 36.1 Å². The lowest BCUT2D eigenvalue weighted by Crippen LogP contribution is -2.24. The fourth-order valence-electron chi connectivity index (χ4n) is 2.75. The summed E-state index contributed by atoms with van der Waals surface area (Å²) in [5.41, 5.74) is 9.25. The van der Waals surface area contributed by atoms with Gasteiger partial charge in [0, 0.05) is 18.8 Å². The third-order valence-corrected chi connectivity index (χ3v) is 3.98. The molecule has 2 aromatic carbocycles. The van der Waals surface area contributed by atoms with E-state index in [0.29, 0.717) is 6.54 Å². The molecule has 1 heterocycles. The average molecular weight is 282 g/mol. The summed E-state index contributed by atoms with van der Waals surface area (Å²) in [4.78, 5) is 0. The van der Waals surface area contributed by atoms with Crippen LogP contribution in [-0.2, 0) is 4.74 Å². The number of benzene rings is 2. The molecule has 1 fully saturated rings. The Morgan fingerprint density at radius 1 is 0.905 bits per heavy atom.